The first-order valence-corrected chi connectivity index (χ1v) is 6.22. The zero-order valence-electron chi connectivity index (χ0n) is 11.1. The lowest BCUT2D eigenvalue weighted by atomic mass is 10.3. The van der Waals surface area contributed by atoms with Crippen LogP contribution in [0.25, 0.3) is 0 Å². The van der Waals surface area contributed by atoms with Crippen molar-refractivity contribution in [3.05, 3.63) is 47.7 Å². The summed E-state index contributed by atoms with van der Waals surface area (Å²) in [6.07, 6.45) is 1.61. The zero-order valence-corrected chi connectivity index (χ0v) is 11.1. The maximum atomic E-state index is 11.7. The first-order valence-electron chi connectivity index (χ1n) is 6.22. The molecule has 2 aromatic heterocycles. The fourth-order valence-electron chi connectivity index (χ4n) is 1.69. The Labute approximate surface area is 112 Å². The van der Waals surface area contributed by atoms with E-state index in [2.05, 4.69) is 15.6 Å². The van der Waals surface area contributed by atoms with Crippen molar-refractivity contribution in [2.24, 2.45) is 0 Å². The predicted molar refractivity (Wildman–Crippen MR) is 73.0 cm³/mol. The van der Waals surface area contributed by atoms with Crippen molar-refractivity contribution in [3.63, 3.8) is 0 Å². The quantitative estimate of drug-likeness (QED) is 0.865. The van der Waals surface area contributed by atoms with Gasteiger partial charge in [0.2, 0.25) is 0 Å². The minimum Gasteiger partial charge on any atom is -0.465 e. The highest BCUT2D eigenvalue weighted by Gasteiger charge is 2.06. The minimum absolute atomic E-state index is 0.167. The van der Waals surface area contributed by atoms with Crippen LogP contribution in [0.4, 0.5) is 5.69 Å². The Balaban J connectivity index is 2.00. The molecule has 0 saturated carbocycles. The number of aromatic nitrogens is 1. The Morgan fingerprint density at radius 2 is 2.21 bits per heavy atom. The number of hydrogen-bond donors (Lipinski definition) is 2. The van der Waals surface area contributed by atoms with Crippen LogP contribution in [0.1, 0.15) is 28.9 Å². The van der Waals surface area contributed by atoms with Crippen molar-refractivity contribution in [2.75, 3.05) is 11.9 Å². The van der Waals surface area contributed by atoms with Crippen molar-refractivity contribution in [1.82, 2.24) is 10.3 Å². The van der Waals surface area contributed by atoms with Crippen LogP contribution < -0.4 is 10.6 Å². The van der Waals surface area contributed by atoms with Crippen molar-refractivity contribution < 1.29 is 9.21 Å². The van der Waals surface area contributed by atoms with E-state index in [1.165, 1.54) is 0 Å². The SMILES string of the molecule is CCNC(=O)c1cc(NCc2ccc(C)o2)ccn1. The molecule has 0 spiro atoms. The summed E-state index contributed by atoms with van der Waals surface area (Å²) in [6.45, 7) is 4.94. The van der Waals surface area contributed by atoms with E-state index in [1.807, 2.05) is 32.0 Å². The van der Waals surface area contributed by atoms with Crippen LogP contribution in [0.5, 0.6) is 0 Å². The number of amides is 1. The molecule has 2 rings (SSSR count). The Hall–Kier alpha value is -2.30. The van der Waals surface area contributed by atoms with Gasteiger partial charge in [-0.2, -0.15) is 0 Å². The highest BCUT2D eigenvalue weighted by molar-refractivity contribution is 5.93. The molecular weight excluding hydrogens is 242 g/mol. The largest absolute Gasteiger partial charge is 0.465 e. The monoisotopic (exact) mass is 259 g/mol. The number of anilines is 1. The second-order valence-electron chi connectivity index (χ2n) is 4.16. The van der Waals surface area contributed by atoms with Crippen LogP contribution in [0.2, 0.25) is 0 Å². The molecule has 0 saturated heterocycles. The van der Waals surface area contributed by atoms with E-state index in [9.17, 15) is 4.79 Å². The fraction of sp³-hybridized carbons (Fsp3) is 0.286. The molecule has 2 aromatic rings. The third kappa shape index (κ3) is 3.58. The molecule has 0 fully saturated rings. The molecule has 100 valence electrons. The van der Waals surface area contributed by atoms with Crippen molar-refractivity contribution in [1.29, 1.82) is 0 Å². The van der Waals surface area contributed by atoms with Gasteiger partial charge >= 0.3 is 0 Å². The van der Waals surface area contributed by atoms with Gasteiger partial charge in [0.05, 0.1) is 6.54 Å². The van der Waals surface area contributed by atoms with E-state index in [1.54, 1.807) is 12.3 Å². The van der Waals surface area contributed by atoms with Crippen LogP contribution in [0.3, 0.4) is 0 Å². The Morgan fingerprint density at radius 3 is 2.89 bits per heavy atom. The van der Waals surface area contributed by atoms with Crippen LogP contribution in [-0.2, 0) is 6.54 Å². The average Bonchev–Trinajstić information content (AvgIpc) is 2.83. The van der Waals surface area contributed by atoms with Crippen molar-refractivity contribution in [3.8, 4) is 0 Å². The van der Waals surface area contributed by atoms with Gasteiger partial charge in [0, 0.05) is 18.4 Å². The maximum absolute atomic E-state index is 11.7. The Kier molecular flexibility index (Phi) is 4.18. The van der Waals surface area contributed by atoms with Crippen molar-refractivity contribution >= 4 is 11.6 Å². The lowest BCUT2D eigenvalue weighted by Gasteiger charge is -2.06. The number of aryl methyl sites for hydroxylation is 1. The second kappa shape index (κ2) is 6.04. The predicted octanol–water partition coefficient (Wildman–Crippen LogP) is 2.34. The number of nitrogens with zero attached hydrogens (tertiary/aromatic N) is 1. The fourth-order valence-corrected chi connectivity index (χ4v) is 1.69. The number of rotatable bonds is 5. The summed E-state index contributed by atoms with van der Waals surface area (Å²) in [5.41, 5.74) is 1.24. The number of furan rings is 1. The summed E-state index contributed by atoms with van der Waals surface area (Å²) >= 11 is 0. The first kappa shape index (κ1) is 13.1. The van der Waals surface area contributed by atoms with Crippen LogP contribution >= 0.6 is 0 Å². The van der Waals surface area contributed by atoms with E-state index in [0.717, 1.165) is 17.2 Å². The third-order valence-electron chi connectivity index (χ3n) is 2.59. The van der Waals surface area contributed by atoms with E-state index < -0.39 is 0 Å². The van der Waals surface area contributed by atoms with Gasteiger partial charge in [0.15, 0.2) is 0 Å². The standard InChI is InChI=1S/C14H17N3O2/c1-3-15-14(18)13-8-11(6-7-16-13)17-9-12-5-4-10(2)19-12/h4-8H,3,9H2,1-2H3,(H,15,18)(H,16,17). The first-order chi connectivity index (χ1) is 9.19. The number of carbonyl (C=O) groups excluding carboxylic acids is 1. The van der Waals surface area contributed by atoms with Crippen molar-refractivity contribution in [2.45, 2.75) is 20.4 Å². The second-order valence-corrected chi connectivity index (χ2v) is 4.16. The highest BCUT2D eigenvalue weighted by Crippen LogP contribution is 2.12. The van der Waals surface area contributed by atoms with E-state index in [-0.39, 0.29) is 5.91 Å². The summed E-state index contributed by atoms with van der Waals surface area (Å²) in [5, 5.41) is 5.92. The lowest BCUT2D eigenvalue weighted by Crippen LogP contribution is -2.23. The molecule has 0 aliphatic heterocycles. The summed E-state index contributed by atoms with van der Waals surface area (Å²) in [7, 11) is 0. The Bertz CT molecular complexity index is 563. The Morgan fingerprint density at radius 1 is 1.37 bits per heavy atom. The van der Waals surface area contributed by atoms with Gasteiger partial charge < -0.3 is 15.1 Å². The zero-order chi connectivity index (χ0) is 13.7. The van der Waals surface area contributed by atoms with Gasteiger partial charge in [-0.3, -0.25) is 9.78 Å². The number of hydrogen-bond acceptors (Lipinski definition) is 4. The molecule has 0 aliphatic rings. The highest BCUT2D eigenvalue weighted by atomic mass is 16.3. The summed E-state index contributed by atoms with van der Waals surface area (Å²) in [5.74, 6) is 1.57. The van der Waals surface area contributed by atoms with Gasteiger partial charge in [-0.25, -0.2) is 0 Å². The van der Waals surface area contributed by atoms with Gasteiger partial charge in [0.1, 0.15) is 17.2 Å². The summed E-state index contributed by atoms with van der Waals surface area (Å²) in [4.78, 5) is 15.7. The summed E-state index contributed by atoms with van der Waals surface area (Å²) in [6, 6.07) is 7.39. The van der Waals surface area contributed by atoms with Gasteiger partial charge in [-0.1, -0.05) is 0 Å². The molecule has 0 aliphatic carbocycles. The van der Waals surface area contributed by atoms with Crippen LogP contribution in [0.15, 0.2) is 34.9 Å². The van der Waals surface area contributed by atoms with Gasteiger partial charge in [-0.05, 0) is 38.1 Å². The molecule has 19 heavy (non-hydrogen) atoms. The van der Waals surface area contributed by atoms with E-state index >= 15 is 0 Å². The van der Waals surface area contributed by atoms with E-state index in [4.69, 9.17) is 4.42 Å². The smallest absolute Gasteiger partial charge is 0.269 e. The normalized spacial score (nSPS) is 10.2. The molecule has 0 atom stereocenters. The lowest BCUT2D eigenvalue weighted by molar-refractivity contribution is 0.0951. The molecule has 1 amide bonds. The molecule has 0 aromatic carbocycles. The van der Waals surface area contributed by atoms with E-state index in [0.29, 0.717) is 18.8 Å². The molecule has 5 nitrogen and oxygen atoms in total. The topological polar surface area (TPSA) is 67.2 Å². The molecule has 0 unspecified atom stereocenters. The number of carbonyl (C=O) groups is 1. The summed E-state index contributed by atoms with van der Waals surface area (Å²) < 4.78 is 5.46. The molecule has 2 heterocycles. The molecule has 5 heteroatoms. The van der Waals surface area contributed by atoms with Gasteiger partial charge in [-0.15, -0.1) is 0 Å². The number of pyridine rings is 1. The van der Waals surface area contributed by atoms with Gasteiger partial charge in [0.25, 0.3) is 5.91 Å². The third-order valence-corrected chi connectivity index (χ3v) is 2.59. The van der Waals surface area contributed by atoms with Crippen LogP contribution in [-0.4, -0.2) is 17.4 Å². The minimum atomic E-state index is -0.167. The number of nitrogens with one attached hydrogen (secondary N) is 2. The maximum Gasteiger partial charge on any atom is 0.269 e. The molecule has 0 radical (unpaired) electrons. The molecular formula is C14H17N3O2. The van der Waals surface area contributed by atoms with Crippen LogP contribution in [0, 0.1) is 6.92 Å². The molecule has 0 bridgehead atoms. The average molecular weight is 259 g/mol. The molecule has 2 N–H and O–H groups in total.